The summed E-state index contributed by atoms with van der Waals surface area (Å²) in [5.41, 5.74) is 9.11. The topological polar surface area (TPSA) is 363 Å². The first-order valence-electron chi connectivity index (χ1n) is 35.3. The molecule has 6 aliphatic rings. The zero-order chi connectivity index (χ0) is 72.8. The van der Waals surface area contributed by atoms with Gasteiger partial charge in [-0.1, -0.05) is 80.4 Å². The molecular weight excluding hydrogens is 1310 g/mol. The molecule has 2 fully saturated rings. The number of nitrogens with zero attached hydrogens (tertiary/aromatic N) is 4. The molecule has 11 amide bonds. The van der Waals surface area contributed by atoms with E-state index in [2.05, 4.69) is 42.5 Å². The molecule has 546 valence electrons. The fourth-order valence-corrected chi connectivity index (χ4v) is 14.2. The van der Waals surface area contributed by atoms with Gasteiger partial charge in [0.1, 0.15) is 66.0 Å². The standard InChI is InChI=1S/C74H94FN13O14/c1-5-54-66(93)83-58(39-76)68(95)80-55-36-48-12-10-13-49(34-48)40-78-62(91)43-102-60-27-33-87-65(60)70(97)84-64(44(2)89)69(96)82-56(35-46-18-21-52(101-4)22-19-46)72(99)88-32-11-28-74(88,3)73(100)77-29-26-45-14-16-47(17-15-45)41-86(63(92)25-24-61(90)79-54)31-9-7-6-8-30-85-42-50(37-57(71(87)98)81-67(55)94)53-38-51(75)20-23-59(53)85/h10,12-23,34,38,42,44,54-58,60,64-65,89H,5-9,11,24-33,35-37,39-41,43,76H2,1-4H3,(H,77,100)(H,78,91)(H,79,90)(H,80,95)(H,81,94)(H,82,96)(H,83,93)(H,84,97)/t44-,54+,55+,56+,57+,58-,60+,64+,65+,74+/m1/s1. The molecular formula is C74H94FN13O14. The van der Waals surface area contributed by atoms with Crippen molar-refractivity contribution >= 4 is 75.9 Å². The van der Waals surface area contributed by atoms with Gasteiger partial charge >= 0.3 is 0 Å². The Balaban J connectivity index is 1.08. The highest BCUT2D eigenvalue weighted by molar-refractivity contribution is 6.00. The van der Waals surface area contributed by atoms with Crippen LogP contribution in [0.4, 0.5) is 4.39 Å². The second-order valence-corrected chi connectivity index (χ2v) is 27.3. The fourth-order valence-electron chi connectivity index (χ4n) is 14.2. The molecule has 0 spiro atoms. The largest absolute Gasteiger partial charge is 0.497 e. The normalized spacial score (nSPS) is 26.1. The summed E-state index contributed by atoms with van der Waals surface area (Å²) in [6.45, 7) is 4.43. The Labute approximate surface area is 591 Å². The van der Waals surface area contributed by atoms with Gasteiger partial charge in [0.05, 0.1) is 19.3 Å². The van der Waals surface area contributed by atoms with Gasteiger partial charge in [-0.05, 0) is 123 Å². The van der Waals surface area contributed by atoms with E-state index in [4.69, 9.17) is 15.2 Å². The molecule has 28 heteroatoms. The number of benzene rings is 4. The van der Waals surface area contributed by atoms with Crippen molar-refractivity contribution in [3.8, 4) is 5.75 Å². The number of aliphatic hydroxyl groups is 1. The zero-order valence-electron chi connectivity index (χ0n) is 58.2. The van der Waals surface area contributed by atoms with E-state index in [1.807, 2.05) is 28.8 Å². The molecule has 4 aromatic carbocycles. The van der Waals surface area contributed by atoms with Gasteiger partial charge in [-0.25, -0.2) is 4.39 Å². The summed E-state index contributed by atoms with van der Waals surface area (Å²) in [5, 5.41) is 34.2. The van der Waals surface area contributed by atoms with E-state index in [0.29, 0.717) is 90.5 Å². The van der Waals surface area contributed by atoms with Crippen LogP contribution in [0.15, 0.2) is 97.2 Å². The second-order valence-electron chi connectivity index (χ2n) is 27.3. The number of aromatic nitrogens is 1. The van der Waals surface area contributed by atoms with Crippen molar-refractivity contribution in [3.63, 3.8) is 0 Å². The summed E-state index contributed by atoms with van der Waals surface area (Å²) in [5.74, 6) is -8.22. The third kappa shape index (κ3) is 18.5. The van der Waals surface area contributed by atoms with E-state index in [-0.39, 0.29) is 90.0 Å². The first kappa shape index (κ1) is 74.9. The highest BCUT2D eigenvalue weighted by atomic mass is 19.1. The average Bonchev–Trinajstić information content (AvgIpc) is 1.60. The Morgan fingerprint density at radius 3 is 2.12 bits per heavy atom. The van der Waals surface area contributed by atoms with Gasteiger partial charge in [0.25, 0.3) is 0 Å². The molecule has 11 rings (SSSR count). The van der Waals surface area contributed by atoms with Crippen molar-refractivity contribution in [2.24, 2.45) is 5.73 Å². The molecule has 7 heterocycles. The minimum Gasteiger partial charge on any atom is -0.497 e. The van der Waals surface area contributed by atoms with E-state index in [1.54, 1.807) is 79.5 Å². The number of amides is 11. The fraction of sp³-hybridized carbons (Fsp3) is 0.500. The lowest BCUT2D eigenvalue weighted by molar-refractivity contribution is -0.148. The SMILES string of the molecule is CC[C@@H]1NC(=O)CCC(=O)N2CCCCCCn3cc(c4cc(F)ccc43)C[C@@H]3NC(=O)[C@H](Cc4cccc(c4)CNC(=O)CO[C@H]4CCN(C3=O)[C@@H]4C(=O)N[C@@H]([C@@H](C)O)C(=O)N[C@@H](Cc3ccc(OC)cc3)C(=O)N3CCC[C@@]3(C)C(=O)NCCc3ccc(cc3)C2)NC(=O)[C@@H](CN)NC1=O. The lowest BCUT2D eigenvalue weighted by atomic mass is 9.95. The lowest BCUT2D eigenvalue weighted by Crippen LogP contribution is -2.64. The molecule has 102 heavy (non-hydrogen) atoms. The predicted octanol–water partition coefficient (Wildman–Crippen LogP) is 1.53. The minimum atomic E-state index is -1.83. The third-order valence-corrected chi connectivity index (χ3v) is 20.0. The van der Waals surface area contributed by atoms with Crippen LogP contribution in [0.5, 0.6) is 5.75 Å². The number of aliphatic hydroxyl groups excluding tert-OH is 1. The van der Waals surface area contributed by atoms with E-state index < -0.39 is 138 Å². The number of aryl methyl sites for hydroxylation is 1. The van der Waals surface area contributed by atoms with Crippen LogP contribution >= 0.6 is 0 Å². The summed E-state index contributed by atoms with van der Waals surface area (Å²) in [6, 6.07) is 14.6. The van der Waals surface area contributed by atoms with Crippen molar-refractivity contribution in [3.05, 3.63) is 136 Å². The lowest BCUT2D eigenvalue weighted by Gasteiger charge is -2.37. The van der Waals surface area contributed by atoms with Crippen molar-refractivity contribution in [1.82, 2.24) is 61.8 Å². The third-order valence-electron chi connectivity index (χ3n) is 20.0. The van der Waals surface area contributed by atoms with Crippen LogP contribution in [0.1, 0.15) is 118 Å². The monoisotopic (exact) mass is 1410 g/mol. The Hall–Kier alpha value is -9.80. The van der Waals surface area contributed by atoms with Gasteiger partial charge in [-0.15, -0.1) is 0 Å². The van der Waals surface area contributed by atoms with E-state index in [0.717, 1.165) is 16.0 Å². The maximum absolute atomic E-state index is 16.0. The molecule has 1 aromatic heterocycles. The molecule has 0 saturated carbocycles. The average molecular weight is 1410 g/mol. The number of fused-ring (bicyclic) bond motifs is 16. The van der Waals surface area contributed by atoms with Crippen LogP contribution in [0.2, 0.25) is 0 Å². The zero-order valence-corrected chi connectivity index (χ0v) is 58.2. The summed E-state index contributed by atoms with van der Waals surface area (Å²) in [6.07, 6.45) is 1.28. The van der Waals surface area contributed by atoms with Crippen LogP contribution < -0.4 is 53.0 Å². The number of nitrogens with two attached hydrogens (primary N) is 1. The van der Waals surface area contributed by atoms with Crippen molar-refractivity contribution in [2.75, 3.05) is 46.4 Å². The molecule has 5 aromatic rings. The number of hydrogen-bond donors (Lipinski definition) is 10. The molecule has 10 atom stereocenters. The van der Waals surface area contributed by atoms with Gasteiger partial charge < -0.3 is 82.1 Å². The molecule has 0 radical (unpaired) electrons. The number of rotatable bonds is 6. The van der Waals surface area contributed by atoms with E-state index >= 15 is 28.4 Å². The van der Waals surface area contributed by atoms with Gasteiger partial charge in [0.15, 0.2) is 0 Å². The molecule has 2 saturated heterocycles. The number of carbonyl (C=O) groups excluding carboxylic acids is 11. The number of hydrogen-bond acceptors (Lipinski definition) is 15. The molecule has 0 aliphatic carbocycles. The van der Waals surface area contributed by atoms with Gasteiger partial charge in [-0.3, -0.25) is 52.7 Å². The maximum Gasteiger partial charge on any atom is 0.246 e. The smallest absolute Gasteiger partial charge is 0.246 e. The number of carbonyl (C=O) groups is 11. The van der Waals surface area contributed by atoms with Crippen LogP contribution in [0.25, 0.3) is 10.9 Å². The van der Waals surface area contributed by atoms with Crippen LogP contribution in [-0.4, -0.2) is 196 Å². The summed E-state index contributed by atoms with van der Waals surface area (Å²) < 4.78 is 29.3. The molecule has 11 N–H and O–H groups in total. The van der Waals surface area contributed by atoms with E-state index in [9.17, 15) is 33.9 Å². The summed E-state index contributed by atoms with van der Waals surface area (Å²) in [4.78, 5) is 167. The number of halogens is 1. The van der Waals surface area contributed by atoms with Gasteiger partial charge in [0.2, 0.25) is 65.0 Å². The molecule has 27 nitrogen and oxygen atoms in total. The van der Waals surface area contributed by atoms with Crippen LogP contribution in [0, 0.1) is 5.82 Å². The minimum absolute atomic E-state index is 0.0495. The Kier molecular flexibility index (Phi) is 25.1. The Bertz CT molecular complexity index is 3910. The van der Waals surface area contributed by atoms with Gasteiger partial charge in [-0.2, -0.15) is 0 Å². The number of ether oxygens (including phenoxy) is 2. The molecule has 6 aliphatic heterocycles. The first-order chi connectivity index (χ1) is 49.0. The quantitative estimate of drug-likeness (QED) is 0.115. The highest BCUT2D eigenvalue weighted by Gasteiger charge is 2.50. The molecule has 12 bridgehead atoms. The van der Waals surface area contributed by atoms with E-state index in [1.165, 1.54) is 31.1 Å². The van der Waals surface area contributed by atoms with Crippen molar-refractivity contribution in [1.29, 1.82) is 0 Å². The predicted molar refractivity (Wildman–Crippen MR) is 372 cm³/mol. The van der Waals surface area contributed by atoms with Crippen LogP contribution in [-0.2, 0) is 103 Å². The second kappa shape index (κ2) is 34.2. The Morgan fingerprint density at radius 2 is 1.38 bits per heavy atom. The number of methoxy groups -OCH3 is 1. The Morgan fingerprint density at radius 1 is 0.667 bits per heavy atom. The first-order valence-corrected chi connectivity index (χ1v) is 35.3. The van der Waals surface area contributed by atoms with Crippen LogP contribution in [0.3, 0.4) is 0 Å². The summed E-state index contributed by atoms with van der Waals surface area (Å²) >= 11 is 0. The molecule has 0 unspecified atom stereocenters. The van der Waals surface area contributed by atoms with Crippen molar-refractivity contribution < 1.29 is 71.7 Å². The van der Waals surface area contributed by atoms with Gasteiger partial charge in [0, 0.05) is 102 Å². The maximum atomic E-state index is 16.0. The highest BCUT2D eigenvalue weighted by Crippen LogP contribution is 2.32. The summed E-state index contributed by atoms with van der Waals surface area (Å²) in [7, 11) is 1.49. The number of nitrogens with one attached hydrogen (secondary N) is 8. The van der Waals surface area contributed by atoms with Crippen molar-refractivity contribution in [2.45, 2.75) is 190 Å².